The van der Waals surface area contributed by atoms with E-state index in [0.717, 1.165) is 0 Å². The van der Waals surface area contributed by atoms with E-state index in [2.05, 4.69) is 20.4 Å². The summed E-state index contributed by atoms with van der Waals surface area (Å²) in [6.45, 7) is -0.852. The summed E-state index contributed by atoms with van der Waals surface area (Å²) in [7, 11) is -2.22. The molecule has 0 fully saturated rings. The Bertz CT molecular complexity index is 1700. The zero-order valence-electron chi connectivity index (χ0n) is 18.9. The number of amides is 1. The quantitative estimate of drug-likeness (QED) is 0.280. The number of fused-ring (bicyclic) bond motifs is 2. The number of nitrogens with one attached hydrogen (secondary N) is 2. The molecule has 0 spiro atoms. The van der Waals surface area contributed by atoms with Crippen LogP contribution in [0.4, 0.5) is 8.78 Å². The van der Waals surface area contributed by atoms with Crippen molar-refractivity contribution in [1.29, 1.82) is 5.26 Å². The van der Waals surface area contributed by atoms with Crippen molar-refractivity contribution in [2.75, 3.05) is 13.7 Å². The second-order valence-corrected chi connectivity index (χ2v) is 9.17. The normalized spacial score (nSPS) is 12.2. The number of nitrogens with zero attached hydrogens (tertiary/aromatic N) is 4. The van der Waals surface area contributed by atoms with Gasteiger partial charge in [0.25, 0.3) is 17.9 Å². The molecule has 2 aromatic heterocycles. The smallest absolute Gasteiger partial charge is 0.276 e. The molecule has 2 aromatic carbocycles. The summed E-state index contributed by atoms with van der Waals surface area (Å²) >= 11 is 6.12. The van der Waals surface area contributed by atoms with Crippen LogP contribution < -0.4 is 15.6 Å². The van der Waals surface area contributed by atoms with Gasteiger partial charge in [0.05, 0.1) is 45.2 Å². The van der Waals surface area contributed by atoms with E-state index in [9.17, 15) is 32.0 Å². The average molecular weight is 551 g/mol. The number of benzene rings is 2. The monoisotopic (exact) mass is 550 g/mol. The number of imidazole rings is 1. The van der Waals surface area contributed by atoms with Gasteiger partial charge in [0.1, 0.15) is 18.2 Å². The summed E-state index contributed by atoms with van der Waals surface area (Å²) in [6, 6.07) is 8.94. The van der Waals surface area contributed by atoms with Gasteiger partial charge in [0.15, 0.2) is 10.7 Å². The molecule has 0 bridgehead atoms. The number of hydrogen-bond acceptors (Lipinski definition) is 8. The number of rotatable bonds is 8. The molecular formula is C22H17ClF2N6O5S. The van der Waals surface area contributed by atoms with Crippen molar-refractivity contribution in [1.82, 2.24) is 25.1 Å². The van der Waals surface area contributed by atoms with Gasteiger partial charge in [-0.15, -0.1) is 0 Å². The molecule has 15 heteroatoms. The second kappa shape index (κ2) is 10.5. The number of thiol groups is 1. The Morgan fingerprint density at radius 2 is 2.05 bits per heavy atom. The summed E-state index contributed by atoms with van der Waals surface area (Å²) in [4.78, 5) is 32.7. The van der Waals surface area contributed by atoms with Crippen molar-refractivity contribution in [3.8, 4) is 11.8 Å². The third-order valence-electron chi connectivity index (χ3n) is 5.32. The lowest BCUT2D eigenvalue weighted by Gasteiger charge is -2.15. The number of alkyl halides is 2. The van der Waals surface area contributed by atoms with Crippen LogP contribution in [0, 0.1) is 11.3 Å². The van der Waals surface area contributed by atoms with Crippen molar-refractivity contribution in [3.05, 3.63) is 62.8 Å². The number of likely N-dealkylation sites (N-methyl/N-ethyl adjacent to an activating group) is 1. The van der Waals surface area contributed by atoms with Crippen LogP contribution in [0.1, 0.15) is 22.5 Å². The molecule has 192 valence electrons. The molecule has 1 amide bonds. The van der Waals surface area contributed by atoms with Gasteiger partial charge in [-0.3, -0.25) is 9.59 Å². The summed E-state index contributed by atoms with van der Waals surface area (Å²) in [6.07, 6.45) is -2.78. The number of nitriles is 1. The van der Waals surface area contributed by atoms with Crippen LogP contribution in [0.25, 0.3) is 21.8 Å². The fourth-order valence-electron chi connectivity index (χ4n) is 3.68. The summed E-state index contributed by atoms with van der Waals surface area (Å²) < 4.78 is 54.4. The maximum absolute atomic E-state index is 13.1. The average Bonchev–Trinajstić information content (AvgIpc) is 3.25. The molecule has 4 aromatic rings. The van der Waals surface area contributed by atoms with E-state index in [1.807, 2.05) is 6.07 Å². The molecule has 1 unspecified atom stereocenters. The Kier molecular flexibility index (Phi) is 7.37. The number of carbonyl (C=O) groups is 1. The Labute approximate surface area is 213 Å². The number of hydrogen-bond donors (Lipinski definition) is 3. The van der Waals surface area contributed by atoms with Gasteiger partial charge < -0.3 is 15.0 Å². The molecule has 37 heavy (non-hydrogen) atoms. The Morgan fingerprint density at radius 3 is 2.70 bits per heavy atom. The highest BCUT2D eigenvalue weighted by Gasteiger charge is 2.27. The van der Waals surface area contributed by atoms with Gasteiger partial charge in [0, 0.05) is 18.5 Å². The van der Waals surface area contributed by atoms with Crippen molar-refractivity contribution in [2.45, 2.75) is 18.2 Å². The van der Waals surface area contributed by atoms with Crippen LogP contribution in [0.5, 0.6) is 5.75 Å². The zero-order chi connectivity index (χ0) is 26.9. The predicted molar refractivity (Wildman–Crippen MR) is 130 cm³/mol. The largest absolute Gasteiger partial charge is 0.486 e. The van der Waals surface area contributed by atoms with E-state index in [-0.39, 0.29) is 39.2 Å². The van der Waals surface area contributed by atoms with E-state index >= 15 is 0 Å². The fraction of sp³-hybridized carbons (Fsp3) is 0.227. The Morgan fingerprint density at radius 1 is 1.30 bits per heavy atom. The Balaban J connectivity index is 1.86. The van der Waals surface area contributed by atoms with Crippen LogP contribution in [0.2, 0.25) is 5.02 Å². The molecule has 0 radical (unpaired) electrons. The minimum Gasteiger partial charge on any atom is -0.486 e. The first-order valence-corrected chi connectivity index (χ1v) is 12.1. The first-order chi connectivity index (χ1) is 17.6. The lowest BCUT2D eigenvalue weighted by molar-refractivity contribution is -0.121. The number of aromatic nitrogens is 4. The van der Waals surface area contributed by atoms with Crippen molar-refractivity contribution < 1.29 is 26.7 Å². The molecule has 11 nitrogen and oxygen atoms in total. The van der Waals surface area contributed by atoms with Gasteiger partial charge in [-0.25, -0.2) is 26.9 Å². The number of halogens is 3. The molecule has 2 heterocycles. The minimum atomic E-state index is -3.44. The molecule has 0 saturated carbocycles. The van der Waals surface area contributed by atoms with Crippen molar-refractivity contribution >= 4 is 50.0 Å². The molecular weight excluding hydrogens is 534 g/mol. The molecule has 2 N–H and O–H groups in total. The maximum atomic E-state index is 13.1. The second-order valence-electron chi connectivity index (χ2n) is 7.70. The first-order valence-electron chi connectivity index (χ1n) is 10.5. The van der Waals surface area contributed by atoms with Gasteiger partial charge >= 0.3 is 0 Å². The first kappa shape index (κ1) is 26.0. The van der Waals surface area contributed by atoms with Crippen molar-refractivity contribution in [3.63, 3.8) is 0 Å². The summed E-state index contributed by atoms with van der Waals surface area (Å²) in [5.41, 5.74) is 0.322. The lowest BCUT2D eigenvalue weighted by atomic mass is 10.1. The van der Waals surface area contributed by atoms with Crippen LogP contribution >= 0.6 is 11.6 Å². The summed E-state index contributed by atoms with van der Waals surface area (Å²) in [5.74, 6) is -0.656. The Hall–Kier alpha value is -4.09. The van der Waals surface area contributed by atoms with Crippen LogP contribution in [-0.2, 0) is 21.9 Å². The standard InChI is InChI=1S/C22H17ClF2N6O5S/c1-27-20(32)22(37(34)35)31-21(33)11-3-2-10(8-26)4-12(11)14(30-31)7-19-28-15-5-13(23)17(6-16(15)29-19)36-9-18(24)25/h2-6,18,22,37H,7,9H2,1H3,(H,27,32)(H,28,29). The predicted octanol–water partition coefficient (Wildman–Crippen LogP) is 1.89. The SMILES string of the molecule is CNC(=O)C(n1nc(Cc2nc3cc(OCC(F)F)c(Cl)cc3[nH]2)c2cc(C#N)ccc2c1=O)[SH](=O)=O. The lowest BCUT2D eigenvalue weighted by Crippen LogP contribution is -2.38. The molecule has 0 aliphatic heterocycles. The van der Waals surface area contributed by atoms with Crippen LogP contribution in [0.3, 0.4) is 0 Å². The molecule has 4 rings (SSSR count). The van der Waals surface area contributed by atoms with E-state index in [1.54, 1.807) is 0 Å². The molecule has 0 aliphatic carbocycles. The third-order valence-corrected chi connectivity index (χ3v) is 6.47. The van der Waals surface area contributed by atoms with E-state index in [0.29, 0.717) is 21.5 Å². The zero-order valence-corrected chi connectivity index (χ0v) is 20.5. The van der Waals surface area contributed by atoms with Gasteiger partial charge in [0.2, 0.25) is 5.37 Å². The molecule has 1 atom stereocenters. The van der Waals surface area contributed by atoms with Gasteiger partial charge in [-0.2, -0.15) is 10.4 Å². The molecule has 0 aliphatic rings. The number of carbonyl (C=O) groups excluding carboxylic acids is 1. The highest BCUT2D eigenvalue weighted by Crippen LogP contribution is 2.30. The number of aromatic amines is 1. The number of ether oxygens (including phenoxy) is 1. The van der Waals surface area contributed by atoms with Crippen LogP contribution in [0.15, 0.2) is 35.1 Å². The highest BCUT2D eigenvalue weighted by atomic mass is 35.5. The summed E-state index contributed by atoms with van der Waals surface area (Å²) in [5, 5.41) is 14.2. The third kappa shape index (κ3) is 5.23. The van der Waals surface area contributed by atoms with Crippen molar-refractivity contribution in [2.24, 2.45) is 0 Å². The fourth-order valence-corrected chi connectivity index (χ4v) is 4.56. The van der Waals surface area contributed by atoms with Crippen LogP contribution in [-0.4, -0.2) is 54.2 Å². The van der Waals surface area contributed by atoms with Gasteiger partial charge in [-0.1, -0.05) is 11.6 Å². The van der Waals surface area contributed by atoms with E-state index in [4.69, 9.17) is 16.3 Å². The topological polar surface area (TPSA) is 160 Å². The van der Waals surface area contributed by atoms with Gasteiger partial charge in [-0.05, 0) is 24.3 Å². The highest BCUT2D eigenvalue weighted by molar-refractivity contribution is 7.73. The maximum Gasteiger partial charge on any atom is 0.276 e. The number of H-pyrrole nitrogens is 1. The van der Waals surface area contributed by atoms with E-state index in [1.165, 1.54) is 37.4 Å². The minimum absolute atomic E-state index is 0.0102. The molecule has 0 saturated heterocycles. The van der Waals surface area contributed by atoms with E-state index < -0.39 is 40.6 Å².